The van der Waals surface area contributed by atoms with Crippen LogP contribution in [0.15, 0.2) is 29.3 Å². The number of nitrogens with zero attached hydrogens (tertiary/aromatic N) is 1. The molecule has 1 aromatic carbocycles. The smallest absolute Gasteiger partial charge is 0.211 e. The normalized spacial score (nSPS) is 9.58. The van der Waals surface area contributed by atoms with Crippen molar-refractivity contribution >= 4 is 35.0 Å². The summed E-state index contributed by atoms with van der Waals surface area (Å²) in [7, 11) is 0. The number of para-hydroxylation sites is 1. The van der Waals surface area contributed by atoms with E-state index in [1.54, 1.807) is 24.3 Å². The highest BCUT2D eigenvalue weighted by Gasteiger charge is 2.07. The average Bonchev–Trinajstić information content (AvgIpc) is 2.05. The Morgan fingerprint density at radius 2 is 2.00 bits per heavy atom. The molecule has 0 atom stereocenters. The largest absolute Gasteiger partial charge is 0.240 e. The van der Waals surface area contributed by atoms with Crippen molar-refractivity contribution in [1.82, 2.24) is 0 Å². The van der Waals surface area contributed by atoms with Gasteiger partial charge in [0.1, 0.15) is 4.84 Å². The molecule has 62 valence electrons. The molecule has 0 amide bonds. The van der Waals surface area contributed by atoms with E-state index in [1.807, 2.05) is 0 Å². The first-order valence-electron chi connectivity index (χ1n) is 3.20. The Morgan fingerprint density at radius 1 is 1.33 bits per heavy atom. The van der Waals surface area contributed by atoms with Gasteiger partial charge in [0, 0.05) is 5.56 Å². The lowest BCUT2D eigenvalue weighted by Gasteiger charge is -2.02. The van der Waals surface area contributed by atoms with Crippen LogP contribution in [0.1, 0.15) is 10.4 Å². The molecule has 0 aliphatic rings. The number of hydrogen-bond donors (Lipinski definition) is 0. The van der Waals surface area contributed by atoms with Crippen LogP contribution in [0.5, 0.6) is 0 Å². The Bertz CT molecular complexity index is 319. The standard InChI is InChI=1S/C8H5Cl2NO/c9-8(10)6-3-1-2-4-7(6)11-5-12/h1-4,8H. The van der Waals surface area contributed by atoms with Crippen molar-refractivity contribution in [2.45, 2.75) is 4.84 Å². The molecular weight excluding hydrogens is 197 g/mol. The van der Waals surface area contributed by atoms with Gasteiger partial charge in [-0.2, -0.15) is 4.99 Å². The van der Waals surface area contributed by atoms with Gasteiger partial charge in [0.2, 0.25) is 6.08 Å². The first kappa shape index (κ1) is 9.27. The number of alkyl halides is 2. The van der Waals surface area contributed by atoms with Crippen LogP contribution in [-0.4, -0.2) is 6.08 Å². The quantitative estimate of drug-likeness (QED) is 0.411. The first-order chi connectivity index (χ1) is 5.75. The highest BCUT2D eigenvalue weighted by atomic mass is 35.5. The van der Waals surface area contributed by atoms with Crippen molar-refractivity contribution in [3.8, 4) is 0 Å². The summed E-state index contributed by atoms with van der Waals surface area (Å²) in [5, 5.41) is 0. The number of hydrogen-bond acceptors (Lipinski definition) is 2. The maximum absolute atomic E-state index is 9.97. The summed E-state index contributed by atoms with van der Waals surface area (Å²) in [5.74, 6) is 0. The monoisotopic (exact) mass is 201 g/mol. The van der Waals surface area contributed by atoms with Crippen LogP contribution < -0.4 is 0 Å². The Balaban J connectivity index is 3.17. The molecular formula is C8H5Cl2NO. The van der Waals surface area contributed by atoms with Gasteiger partial charge in [0.15, 0.2) is 0 Å². The second-order valence-electron chi connectivity index (χ2n) is 2.06. The SMILES string of the molecule is O=C=Nc1ccccc1C(Cl)Cl. The predicted molar refractivity (Wildman–Crippen MR) is 48.7 cm³/mol. The summed E-state index contributed by atoms with van der Waals surface area (Å²) in [6, 6.07) is 6.88. The van der Waals surface area contributed by atoms with Crippen molar-refractivity contribution < 1.29 is 4.79 Å². The van der Waals surface area contributed by atoms with Crippen molar-refractivity contribution in [2.75, 3.05) is 0 Å². The van der Waals surface area contributed by atoms with E-state index in [0.29, 0.717) is 11.3 Å². The maximum atomic E-state index is 9.97. The number of halogens is 2. The fourth-order valence-electron chi connectivity index (χ4n) is 0.823. The Kier molecular flexibility index (Phi) is 3.30. The highest BCUT2D eigenvalue weighted by molar-refractivity contribution is 6.44. The molecule has 0 saturated heterocycles. The van der Waals surface area contributed by atoms with Gasteiger partial charge in [0.25, 0.3) is 0 Å². The van der Waals surface area contributed by atoms with Crippen LogP contribution in [0.25, 0.3) is 0 Å². The van der Waals surface area contributed by atoms with E-state index < -0.39 is 4.84 Å². The molecule has 1 rings (SSSR count). The topological polar surface area (TPSA) is 29.4 Å². The van der Waals surface area contributed by atoms with E-state index in [4.69, 9.17) is 23.2 Å². The molecule has 4 heteroatoms. The number of isocyanates is 1. The molecule has 0 aromatic heterocycles. The third-order valence-corrected chi connectivity index (χ3v) is 1.81. The molecule has 0 fully saturated rings. The minimum Gasteiger partial charge on any atom is -0.211 e. The lowest BCUT2D eigenvalue weighted by molar-refractivity contribution is 0.565. The Labute approximate surface area is 79.8 Å². The summed E-state index contributed by atoms with van der Waals surface area (Å²) in [4.78, 5) is 12.8. The van der Waals surface area contributed by atoms with Crippen molar-refractivity contribution in [3.05, 3.63) is 29.8 Å². The van der Waals surface area contributed by atoms with Gasteiger partial charge in [-0.15, -0.1) is 0 Å². The minimum absolute atomic E-state index is 0.461. The molecule has 0 N–H and O–H groups in total. The zero-order chi connectivity index (χ0) is 8.97. The first-order valence-corrected chi connectivity index (χ1v) is 4.08. The van der Waals surface area contributed by atoms with E-state index in [9.17, 15) is 4.79 Å². The maximum Gasteiger partial charge on any atom is 0.240 e. The molecule has 0 heterocycles. The minimum atomic E-state index is -0.668. The number of aliphatic imine (C=N–C) groups is 1. The Morgan fingerprint density at radius 3 is 2.58 bits per heavy atom. The number of rotatable bonds is 2. The van der Waals surface area contributed by atoms with Crippen LogP contribution >= 0.6 is 23.2 Å². The van der Waals surface area contributed by atoms with Crippen LogP contribution in [0.3, 0.4) is 0 Å². The molecule has 1 aromatic rings. The Hall–Kier alpha value is -0.820. The molecule has 0 aliphatic carbocycles. The molecule has 0 saturated carbocycles. The van der Waals surface area contributed by atoms with E-state index in [2.05, 4.69) is 4.99 Å². The van der Waals surface area contributed by atoms with E-state index >= 15 is 0 Å². The summed E-state index contributed by atoms with van der Waals surface area (Å²) >= 11 is 11.2. The van der Waals surface area contributed by atoms with E-state index in [1.165, 1.54) is 6.08 Å². The van der Waals surface area contributed by atoms with Crippen LogP contribution in [-0.2, 0) is 4.79 Å². The van der Waals surface area contributed by atoms with Crippen LogP contribution in [0.2, 0.25) is 0 Å². The molecule has 0 bridgehead atoms. The number of benzene rings is 1. The van der Waals surface area contributed by atoms with Crippen LogP contribution in [0, 0.1) is 0 Å². The zero-order valence-corrected chi connectivity index (χ0v) is 7.51. The lowest BCUT2D eigenvalue weighted by atomic mass is 10.2. The molecule has 2 nitrogen and oxygen atoms in total. The highest BCUT2D eigenvalue weighted by Crippen LogP contribution is 2.32. The molecule has 0 unspecified atom stereocenters. The van der Waals surface area contributed by atoms with Gasteiger partial charge in [-0.1, -0.05) is 41.4 Å². The second kappa shape index (κ2) is 4.27. The fourth-order valence-corrected chi connectivity index (χ4v) is 1.19. The average molecular weight is 202 g/mol. The molecule has 0 spiro atoms. The van der Waals surface area contributed by atoms with Crippen molar-refractivity contribution in [1.29, 1.82) is 0 Å². The lowest BCUT2D eigenvalue weighted by Crippen LogP contribution is -1.81. The zero-order valence-electron chi connectivity index (χ0n) is 6.00. The van der Waals surface area contributed by atoms with E-state index in [0.717, 1.165) is 0 Å². The van der Waals surface area contributed by atoms with Crippen LogP contribution in [0.4, 0.5) is 5.69 Å². The second-order valence-corrected chi connectivity index (χ2v) is 3.16. The molecule has 12 heavy (non-hydrogen) atoms. The van der Waals surface area contributed by atoms with Gasteiger partial charge in [-0.3, -0.25) is 0 Å². The third kappa shape index (κ3) is 2.08. The summed E-state index contributed by atoms with van der Waals surface area (Å²) < 4.78 is 0. The van der Waals surface area contributed by atoms with Crippen molar-refractivity contribution in [2.24, 2.45) is 4.99 Å². The number of carbonyl (C=O) groups excluding carboxylic acids is 1. The van der Waals surface area contributed by atoms with Crippen molar-refractivity contribution in [3.63, 3.8) is 0 Å². The van der Waals surface area contributed by atoms with Gasteiger partial charge < -0.3 is 0 Å². The van der Waals surface area contributed by atoms with Gasteiger partial charge >= 0.3 is 0 Å². The van der Waals surface area contributed by atoms with Gasteiger partial charge in [-0.25, -0.2) is 4.79 Å². The molecule has 0 radical (unpaired) electrons. The predicted octanol–water partition coefficient (Wildman–Crippen LogP) is 3.13. The summed E-state index contributed by atoms with van der Waals surface area (Å²) in [5.41, 5.74) is 1.08. The van der Waals surface area contributed by atoms with Gasteiger partial charge in [0.05, 0.1) is 5.69 Å². The summed E-state index contributed by atoms with van der Waals surface area (Å²) in [6.07, 6.45) is 1.44. The van der Waals surface area contributed by atoms with Gasteiger partial charge in [-0.05, 0) is 6.07 Å². The van der Waals surface area contributed by atoms with E-state index in [-0.39, 0.29) is 0 Å². The fraction of sp³-hybridized carbons (Fsp3) is 0.125. The summed E-state index contributed by atoms with van der Waals surface area (Å²) in [6.45, 7) is 0. The third-order valence-electron chi connectivity index (χ3n) is 1.34. The molecule has 0 aliphatic heterocycles.